The molecule has 1 N–H and O–H groups in total. The number of benzene rings is 1. The van der Waals surface area contributed by atoms with E-state index in [9.17, 15) is 18.8 Å². The van der Waals surface area contributed by atoms with Gasteiger partial charge in [-0.05, 0) is 17.7 Å². The van der Waals surface area contributed by atoms with Gasteiger partial charge in [-0.25, -0.2) is 9.18 Å². The quantitative estimate of drug-likeness (QED) is 0.841. The summed E-state index contributed by atoms with van der Waals surface area (Å²) in [5, 5.41) is 0. The van der Waals surface area contributed by atoms with Crippen LogP contribution in [0.5, 0.6) is 0 Å². The third-order valence-electron chi connectivity index (χ3n) is 3.72. The fourth-order valence-electron chi connectivity index (χ4n) is 2.60. The Morgan fingerprint density at radius 3 is 2.76 bits per heavy atom. The second-order valence-electron chi connectivity index (χ2n) is 5.44. The molecule has 2 aromatic rings. The minimum Gasteiger partial charge on any atom is -0.463 e. The molecule has 1 aromatic heterocycles. The molecule has 0 saturated carbocycles. The number of aromatic amines is 1. The van der Waals surface area contributed by atoms with Gasteiger partial charge >= 0.3 is 11.7 Å². The second-order valence-corrected chi connectivity index (χ2v) is 5.44. The zero-order valence-electron chi connectivity index (χ0n) is 13.3. The van der Waals surface area contributed by atoms with Crippen molar-refractivity contribution in [3.8, 4) is 0 Å². The molecule has 0 spiro atoms. The average molecular weight is 346 g/mol. The van der Waals surface area contributed by atoms with Gasteiger partial charge < -0.3 is 9.47 Å². The molecule has 1 aliphatic rings. The average Bonchev–Trinajstić information content (AvgIpc) is 2.97. The van der Waals surface area contributed by atoms with Crippen molar-refractivity contribution in [2.45, 2.75) is 19.3 Å². The Labute approximate surface area is 141 Å². The fourth-order valence-corrected chi connectivity index (χ4v) is 2.60. The molecule has 0 unspecified atom stereocenters. The van der Waals surface area contributed by atoms with E-state index in [0.29, 0.717) is 11.1 Å². The van der Waals surface area contributed by atoms with Gasteiger partial charge in [0.2, 0.25) is 0 Å². The molecule has 2 atom stereocenters. The first kappa shape index (κ1) is 16.8. The van der Waals surface area contributed by atoms with Gasteiger partial charge in [0.15, 0.2) is 6.23 Å². The third-order valence-corrected chi connectivity index (χ3v) is 3.72. The van der Waals surface area contributed by atoms with Gasteiger partial charge in [-0.3, -0.25) is 19.1 Å². The van der Waals surface area contributed by atoms with E-state index >= 15 is 0 Å². The molecule has 0 radical (unpaired) electrons. The molecule has 7 nitrogen and oxygen atoms in total. The van der Waals surface area contributed by atoms with Crippen molar-refractivity contribution in [3.63, 3.8) is 0 Å². The first-order valence-corrected chi connectivity index (χ1v) is 7.52. The number of nitrogens with one attached hydrogen (secondary N) is 1. The topological polar surface area (TPSA) is 90.4 Å². The van der Waals surface area contributed by atoms with Gasteiger partial charge in [0.05, 0.1) is 0 Å². The van der Waals surface area contributed by atoms with E-state index in [1.807, 2.05) is 0 Å². The Morgan fingerprint density at radius 1 is 1.32 bits per heavy atom. The number of carbonyl (C=O) groups excluding carboxylic acids is 1. The van der Waals surface area contributed by atoms with Gasteiger partial charge in [0.25, 0.3) is 5.56 Å². The molecule has 0 amide bonds. The molecule has 2 heterocycles. The zero-order chi connectivity index (χ0) is 18.0. The highest BCUT2D eigenvalue weighted by Gasteiger charge is 2.31. The van der Waals surface area contributed by atoms with E-state index in [4.69, 9.17) is 9.47 Å². The largest absolute Gasteiger partial charge is 0.463 e. The molecular formula is C17H15FN2O5. The van der Waals surface area contributed by atoms with E-state index in [1.54, 1.807) is 24.3 Å². The van der Waals surface area contributed by atoms with Gasteiger partial charge in [-0.15, -0.1) is 0 Å². The summed E-state index contributed by atoms with van der Waals surface area (Å²) in [6.45, 7) is 1.13. The number of halogens is 1. The maximum atomic E-state index is 14.2. The summed E-state index contributed by atoms with van der Waals surface area (Å²) in [4.78, 5) is 36.4. The standard InChI is InChI=1S/C17H15FN2O5/c1-10(21)24-9-14-12(11-4-2-3-5-13(11)18)8-16(25-14)20-7-6-15(22)19-17(20)23/h2-8,14,16H,9H2,1H3,(H,19,22,23)/t14-,16-/m1/s1. The van der Waals surface area contributed by atoms with Crippen LogP contribution < -0.4 is 11.2 Å². The lowest BCUT2D eigenvalue weighted by molar-refractivity contribution is -0.144. The molecule has 130 valence electrons. The third kappa shape index (κ3) is 3.58. The van der Waals surface area contributed by atoms with Crippen LogP contribution in [0.2, 0.25) is 0 Å². The molecule has 0 saturated heterocycles. The molecule has 1 aliphatic heterocycles. The summed E-state index contributed by atoms with van der Waals surface area (Å²) in [7, 11) is 0. The van der Waals surface area contributed by atoms with Crippen LogP contribution in [0.3, 0.4) is 0 Å². The minimum atomic E-state index is -0.862. The second kappa shape index (κ2) is 6.86. The van der Waals surface area contributed by atoms with E-state index in [1.165, 1.54) is 25.3 Å². The van der Waals surface area contributed by atoms with Crippen LogP contribution in [0.1, 0.15) is 18.7 Å². The van der Waals surface area contributed by atoms with Crippen molar-refractivity contribution < 1.29 is 18.7 Å². The number of rotatable bonds is 4. The van der Waals surface area contributed by atoms with Crippen molar-refractivity contribution in [1.29, 1.82) is 0 Å². The van der Waals surface area contributed by atoms with E-state index in [-0.39, 0.29) is 6.61 Å². The van der Waals surface area contributed by atoms with E-state index in [0.717, 1.165) is 4.57 Å². The van der Waals surface area contributed by atoms with Crippen molar-refractivity contribution in [2.24, 2.45) is 0 Å². The first-order chi connectivity index (χ1) is 12.0. The molecular weight excluding hydrogens is 331 g/mol. The summed E-state index contributed by atoms with van der Waals surface area (Å²) < 4.78 is 26.0. The number of hydrogen-bond acceptors (Lipinski definition) is 5. The predicted octanol–water partition coefficient (Wildman–Crippen LogP) is 1.22. The molecule has 8 heteroatoms. The molecule has 0 aliphatic carbocycles. The minimum absolute atomic E-state index is 0.121. The van der Waals surface area contributed by atoms with Crippen LogP contribution in [-0.4, -0.2) is 28.2 Å². The summed E-state index contributed by atoms with van der Waals surface area (Å²) in [6, 6.07) is 7.28. The summed E-state index contributed by atoms with van der Waals surface area (Å²) in [6.07, 6.45) is 1.24. The molecule has 3 rings (SSSR count). The Bertz CT molecular complexity index is 946. The fraction of sp³-hybridized carbons (Fsp3) is 0.235. The number of carbonyl (C=O) groups is 1. The Hall–Kier alpha value is -3.00. The van der Waals surface area contributed by atoms with Crippen molar-refractivity contribution in [3.05, 3.63) is 74.8 Å². The highest BCUT2D eigenvalue weighted by atomic mass is 19.1. The molecule has 0 bridgehead atoms. The molecule has 25 heavy (non-hydrogen) atoms. The number of H-pyrrole nitrogens is 1. The predicted molar refractivity (Wildman–Crippen MR) is 86.2 cm³/mol. The highest BCUT2D eigenvalue weighted by Crippen LogP contribution is 2.34. The van der Waals surface area contributed by atoms with Gasteiger partial charge in [-0.2, -0.15) is 0 Å². The van der Waals surface area contributed by atoms with Crippen molar-refractivity contribution >= 4 is 11.5 Å². The lowest BCUT2D eigenvalue weighted by atomic mass is 10.0. The van der Waals surface area contributed by atoms with Crippen LogP contribution >= 0.6 is 0 Å². The summed E-state index contributed by atoms with van der Waals surface area (Å²) >= 11 is 0. The normalized spacial score (nSPS) is 19.5. The zero-order valence-corrected chi connectivity index (χ0v) is 13.3. The first-order valence-electron chi connectivity index (χ1n) is 7.52. The summed E-state index contributed by atoms with van der Waals surface area (Å²) in [5.74, 6) is -0.958. The van der Waals surface area contributed by atoms with E-state index < -0.39 is 35.4 Å². The lowest BCUT2D eigenvalue weighted by Gasteiger charge is -2.17. The number of ether oxygens (including phenoxy) is 2. The van der Waals surface area contributed by atoms with Crippen LogP contribution in [0.4, 0.5) is 4.39 Å². The Morgan fingerprint density at radius 2 is 2.08 bits per heavy atom. The number of aromatic nitrogens is 2. The molecule has 0 fully saturated rings. The van der Waals surface area contributed by atoms with Crippen LogP contribution in [0.15, 0.2) is 52.2 Å². The van der Waals surface area contributed by atoms with Crippen LogP contribution in [-0.2, 0) is 14.3 Å². The SMILES string of the molecule is CC(=O)OC[C@H]1O[C@@H](n2ccc(=O)[nH]c2=O)C=C1c1ccccc1F. The maximum absolute atomic E-state index is 14.2. The Balaban J connectivity index is 2.00. The summed E-state index contributed by atoms with van der Waals surface area (Å²) in [5.41, 5.74) is -0.439. The number of esters is 1. The Kier molecular flexibility index (Phi) is 4.62. The lowest BCUT2D eigenvalue weighted by Crippen LogP contribution is -2.32. The van der Waals surface area contributed by atoms with E-state index in [2.05, 4.69) is 4.98 Å². The van der Waals surface area contributed by atoms with Gasteiger partial charge in [0.1, 0.15) is 18.5 Å². The van der Waals surface area contributed by atoms with Crippen LogP contribution in [0.25, 0.3) is 5.57 Å². The molecule has 1 aromatic carbocycles. The highest BCUT2D eigenvalue weighted by molar-refractivity contribution is 5.72. The number of nitrogens with zero attached hydrogens (tertiary/aromatic N) is 1. The number of hydrogen-bond donors (Lipinski definition) is 1. The van der Waals surface area contributed by atoms with Crippen LogP contribution in [0, 0.1) is 5.82 Å². The van der Waals surface area contributed by atoms with Gasteiger partial charge in [0, 0.05) is 24.8 Å². The monoisotopic (exact) mass is 346 g/mol. The maximum Gasteiger partial charge on any atom is 0.330 e. The van der Waals surface area contributed by atoms with Crippen molar-refractivity contribution in [1.82, 2.24) is 9.55 Å². The van der Waals surface area contributed by atoms with Crippen molar-refractivity contribution in [2.75, 3.05) is 6.61 Å². The van der Waals surface area contributed by atoms with Gasteiger partial charge in [-0.1, -0.05) is 18.2 Å². The smallest absolute Gasteiger partial charge is 0.330 e.